The van der Waals surface area contributed by atoms with E-state index in [-0.39, 0.29) is 16.9 Å². The summed E-state index contributed by atoms with van der Waals surface area (Å²) in [6.07, 6.45) is 0.683. The van der Waals surface area contributed by atoms with Gasteiger partial charge in [0, 0.05) is 16.8 Å². The summed E-state index contributed by atoms with van der Waals surface area (Å²) in [5, 5.41) is 12.0. The van der Waals surface area contributed by atoms with E-state index in [0.717, 1.165) is 6.26 Å². The molecule has 8 heteroatoms. The van der Waals surface area contributed by atoms with Crippen molar-refractivity contribution in [3.05, 3.63) is 64.7 Å². The van der Waals surface area contributed by atoms with Gasteiger partial charge in [-0.1, -0.05) is 35.9 Å². The first-order valence-electron chi connectivity index (χ1n) is 7.25. The van der Waals surface area contributed by atoms with Crippen LogP contribution < -0.4 is 5.32 Å². The van der Waals surface area contributed by atoms with Crippen molar-refractivity contribution in [3.8, 4) is 0 Å². The highest BCUT2D eigenvalue weighted by molar-refractivity contribution is 7.90. The number of aliphatic carboxylic acids is 1. The second kappa shape index (κ2) is 7.67. The lowest BCUT2D eigenvalue weighted by Crippen LogP contribution is -2.30. The van der Waals surface area contributed by atoms with Crippen LogP contribution in [-0.2, 0) is 14.6 Å². The first-order chi connectivity index (χ1) is 11.7. The van der Waals surface area contributed by atoms with Gasteiger partial charge in [-0.25, -0.2) is 8.42 Å². The van der Waals surface area contributed by atoms with Gasteiger partial charge >= 0.3 is 5.97 Å². The van der Waals surface area contributed by atoms with Gasteiger partial charge in [0.05, 0.1) is 17.4 Å². The SMILES string of the molecule is CS(=O)(=O)c1cccc(C(=O)NC(CC(=O)O)c2ccccc2Cl)c1. The predicted octanol–water partition coefficient (Wildman–Crippen LogP) is 2.69. The Bertz CT molecular complexity index is 911. The molecule has 6 nitrogen and oxygen atoms in total. The number of benzene rings is 2. The maximum atomic E-state index is 12.5. The van der Waals surface area contributed by atoms with E-state index >= 15 is 0 Å². The molecule has 0 aliphatic heterocycles. The van der Waals surface area contributed by atoms with E-state index in [0.29, 0.717) is 10.6 Å². The average Bonchev–Trinajstić information content (AvgIpc) is 2.53. The van der Waals surface area contributed by atoms with Crippen molar-refractivity contribution >= 4 is 33.3 Å². The molecule has 2 N–H and O–H groups in total. The molecular formula is C17H16ClNO5S. The smallest absolute Gasteiger partial charge is 0.305 e. The third-order valence-corrected chi connectivity index (χ3v) is 4.94. The van der Waals surface area contributed by atoms with E-state index in [2.05, 4.69) is 5.32 Å². The number of carbonyl (C=O) groups excluding carboxylic acids is 1. The van der Waals surface area contributed by atoms with Gasteiger partial charge in [0.15, 0.2) is 9.84 Å². The molecule has 1 atom stereocenters. The number of hydrogen-bond acceptors (Lipinski definition) is 4. The van der Waals surface area contributed by atoms with Crippen molar-refractivity contribution in [2.24, 2.45) is 0 Å². The highest BCUT2D eigenvalue weighted by atomic mass is 35.5. The van der Waals surface area contributed by atoms with Crippen molar-refractivity contribution < 1.29 is 23.1 Å². The summed E-state index contributed by atoms with van der Waals surface area (Å²) in [6, 6.07) is 11.3. The van der Waals surface area contributed by atoms with Crippen molar-refractivity contribution in [2.45, 2.75) is 17.4 Å². The number of carboxylic acid groups (broad SMARTS) is 1. The number of nitrogens with one attached hydrogen (secondary N) is 1. The Morgan fingerprint density at radius 3 is 2.44 bits per heavy atom. The molecule has 2 aromatic carbocycles. The van der Waals surface area contributed by atoms with Crippen LogP contribution in [0.5, 0.6) is 0 Å². The summed E-state index contributed by atoms with van der Waals surface area (Å²) >= 11 is 6.09. The van der Waals surface area contributed by atoms with Crippen LogP contribution in [0.25, 0.3) is 0 Å². The number of rotatable bonds is 6. The first-order valence-corrected chi connectivity index (χ1v) is 9.52. The first kappa shape index (κ1) is 19.0. The molecule has 132 valence electrons. The summed E-state index contributed by atoms with van der Waals surface area (Å²) in [5.41, 5.74) is 0.588. The second-order valence-corrected chi connectivity index (χ2v) is 7.87. The van der Waals surface area contributed by atoms with Crippen LogP contribution in [0.3, 0.4) is 0 Å². The molecule has 25 heavy (non-hydrogen) atoms. The molecule has 0 heterocycles. The number of halogens is 1. The standard InChI is InChI=1S/C17H16ClNO5S/c1-25(23,24)12-6-4-5-11(9-12)17(22)19-15(10-16(20)21)13-7-2-3-8-14(13)18/h2-9,15H,10H2,1H3,(H,19,22)(H,20,21). The summed E-state index contributed by atoms with van der Waals surface area (Å²) in [6.45, 7) is 0. The van der Waals surface area contributed by atoms with Gasteiger partial charge in [0.2, 0.25) is 0 Å². The maximum Gasteiger partial charge on any atom is 0.305 e. The van der Waals surface area contributed by atoms with Crippen molar-refractivity contribution in [1.29, 1.82) is 0 Å². The molecule has 1 amide bonds. The molecule has 0 aliphatic rings. The number of hydrogen-bond donors (Lipinski definition) is 2. The highest BCUT2D eigenvalue weighted by Gasteiger charge is 2.21. The van der Waals surface area contributed by atoms with Gasteiger partial charge in [-0.05, 0) is 29.8 Å². The second-order valence-electron chi connectivity index (χ2n) is 5.45. The Labute approximate surface area is 150 Å². The Balaban J connectivity index is 2.32. The molecule has 0 spiro atoms. The van der Waals surface area contributed by atoms with E-state index < -0.39 is 27.8 Å². The normalized spacial score (nSPS) is 12.4. The van der Waals surface area contributed by atoms with Crippen molar-refractivity contribution in [2.75, 3.05) is 6.26 Å². The number of carboxylic acids is 1. The molecule has 0 radical (unpaired) electrons. The highest BCUT2D eigenvalue weighted by Crippen LogP contribution is 2.25. The number of carbonyl (C=O) groups is 2. The fraction of sp³-hybridized carbons (Fsp3) is 0.176. The van der Waals surface area contributed by atoms with Crippen LogP contribution in [0.1, 0.15) is 28.4 Å². The lowest BCUT2D eigenvalue weighted by atomic mass is 10.0. The van der Waals surface area contributed by atoms with Gasteiger partial charge < -0.3 is 10.4 Å². The summed E-state index contributed by atoms with van der Waals surface area (Å²) in [5.74, 6) is -1.69. The molecule has 0 aliphatic carbocycles. The zero-order valence-corrected chi connectivity index (χ0v) is 14.8. The van der Waals surface area contributed by atoms with Crippen molar-refractivity contribution in [3.63, 3.8) is 0 Å². The fourth-order valence-electron chi connectivity index (χ4n) is 2.28. The van der Waals surface area contributed by atoms with Gasteiger partial charge in [-0.3, -0.25) is 9.59 Å². The Morgan fingerprint density at radius 1 is 1.16 bits per heavy atom. The molecular weight excluding hydrogens is 366 g/mol. The molecule has 0 saturated heterocycles. The van der Waals surface area contributed by atoms with Crippen LogP contribution in [0.2, 0.25) is 5.02 Å². The maximum absolute atomic E-state index is 12.5. The third kappa shape index (κ3) is 5.04. The van der Waals surface area contributed by atoms with Crippen LogP contribution in [0, 0.1) is 0 Å². The summed E-state index contributed by atoms with van der Waals surface area (Å²) < 4.78 is 23.2. The van der Waals surface area contributed by atoms with Gasteiger partial charge in [-0.2, -0.15) is 0 Å². The summed E-state index contributed by atoms with van der Waals surface area (Å²) in [4.78, 5) is 23.6. The van der Waals surface area contributed by atoms with Gasteiger partial charge in [0.25, 0.3) is 5.91 Å². The molecule has 0 saturated carbocycles. The van der Waals surface area contributed by atoms with Gasteiger partial charge in [-0.15, -0.1) is 0 Å². The topological polar surface area (TPSA) is 101 Å². The minimum atomic E-state index is -3.46. The minimum absolute atomic E-state index is 0.00711. The monoisotopic (exact) mass is 381 g/mol. The lowest BCUT2D eigenvalue weighted by Gasteiger charge is -2.19. The number of sulfone groups is 1. The molecule has 0 bridgehead atoms. The van der Waals surface area contributed by atoms with Crippen molar-refractivity contribution in [1.82, 2.24) is 5.32 Å². The predicted molar refractivity (Wildman–Crippen MR) is 93.5 cm³/mol. The largest absolute Gasteiger partial charge is 0.481 e. The van der Waals surface area contributed by atoms with E-state index in [1.165, 1.54) is 24.3 Å². The van der Waals surface area contributed by atoms with E-state index in [4.69, 9.17) is 16.7 Å². The van der Waals surface area contributed by atoms with Crippen LogP contribution in [0.4, 0.5) is 0 Å². The van der Waals surface area contributed by atoms with E-state index in [1.807, 2.05) is 0 Å². The number of amides is 1. The zero-order valence-electron chi connectivity index (χ0n) is 13.3. The van der Waals surface area contributed by atoms with E-state index in [1.54, 1.807) is 24.3 Å². The Morgan fingerprint density at radius 2 is 1.84 bits per heavy atom. The zero-order chi connectivity index (χ0) is 18.6. The molecule has 0 fully saturated rings. The van der Waals surface area contributed by atoms with Crippen LogP contribution in [-0.4, -0.2) is 31.7 Å². The molecule has 2 aromatic rings. The van der Waals surface area contributed by atoms with E-state index in [9.17, 15) is 18.0 Å². The third-order valence-electron chi connectivity index (χ3n) is 3.49. The van der Waals surface area contributed by atoms with Crippen LogP contribution in [0.15, 0.2) is 53.4 Å². The lowest BCUT2D eigenvalue weighted by molar-refractivity contribution is -0.137. The van der Waals surface area contributed by atoms with Gasteiger partial charge in [0.1, 0.15) is 0 Å². The molecule has 1 unspecified atom stereocenters. The molecule has 0 aromatic heterocycles. The summed E-state index contributed by atoms with van der Waals surface area (Å²) in [7, 11) is -3.46. The molecule has 2 rings (SSSR count). The Kier molecular flexibility index (Phi) is 5.81. The minimum Gasteiger partial charge on any atom is -0.481 e. The average molecular weight is 382 g/mol. The Hall–Kier alpha value is -2.38. The quantitative estimate of drug-likeness (QED) is 0.801. The fourth-order valence-corrected chi connectivity index (χ4v) is 3.21. The van der Waals surface area contributed by atoms with Crippen LogP contribution >= 0.6 is 11.6 Å².